The van der Waals surface area contributed by atoms with Gasteiger partial charge < -0.3 is 0 Å². The third-order valence-corrected chi connectivity index (χ3v) is 3.41. The summed E-state index contributed by atoms with van der Waals surface area (Å²) in [6, 6.07) is 14.5. The van der Waals surface area contributed by atoms with Crippen molar-refractivity contribution < 1.29 is 4.92 Å². The molecule has 0 atom stereocenters. The van der Waals surface area contributed by atoms with Crippen molar-refractivity contribution in [1.82, 2.24) is 20.2 Å². The van der Waals surface area contributed by atoms with Crippen molar-refractivity contribution in [2.75, 3.05) is 0 Å². The summed E-state index contributed by atoms with van der Waals surface area (Å²) >= 11 is 0. The number of nitrogens with zero attached hydrogens (tertiary/aromatic N) is 5. The fraction of sp³-hybridized carbons (Fsp3) is 0.133. The number of aromatic nitrogens is 4. The summed E-state index contributed by atoms with van der Waals surface area (Å²) in [7, 11) is 0. The van der Waals surface area contributed by atoms with Crippen LogP contribution in [0, 0.1) is 17.0 Å². The van der Waals surface area contributed by atoms with Gasteiger partial charge in [0.2, 0.25) is 5.82 Å². The van der Waals surface area contributed by atoms with Gasteiger partial charge in [0, 0.05) is 17.2 Å². The van der Waals surface area contributed by atoms with Crippen LogP contribution in [0.3, 0.4) is 0 Å². The van der Waals surface area contributed by atoms with Crippen molar-refractivity contribution in [2.24, 2.45) is 0 Å². The van der Waals surface area contributed by atoms with Crippen LogP contribution in [0.5, 0.6) is 0 Å². The van der Waals surface area contributed by atoms with Crippen molar-refractivity contribution in [2.45, 2.75) is 13.5 Å². The second-order valence-corrected chi connectivity index (χ2v) is 4.83. The molecular weight excluding hydrogens is 282 g/mol. The van der Waals surface area contributed by atoms with Gasteiger partial charge in [-0.2, -0.15) is 4.80 Å². The normalized spacial score (nSPS) is 10.6. The fourth-order valence-corrected chi connectivity index (χ4v) is 2.20. The van der Waals surface area contributed by atoms with Crippen LogP contribution in [0.4, 0.5) is 5.69 Å². The number of nitro benzene ring substituents is 1. The number of benzene rings is 2. The van der Waals surface area contributed by atoms with Crippen molar-refractivity contribution in [3.05, 3.63) is 69.8 Å². The Balaban J connectivity index is 1.87. The molecule has 0 spiro atoms. The van der Waals surface area contributed by atoms with Gasteiger partial charge in [0.05, 0.1) is 11.5 Å². The van der Waals surface area contributed by atoms with Crippen molar-refractivity contribution in [1.29, 1.82) is 0 Å². The van der Waals surface area contributed by atoms with Gasteiger partial charge in [0.15, 0.2) is 0 Å². The summed E-state index contributed by atoms with van der Waals surface area (Å²) < 4.78 is 0. The quantitative estimate of drug-likeness (QED) is 0.545. The highest BCUT2D eigenvalue weighted by atomic mass is 16.6. The van der Waals surface area contributed by atoms with Crippen LogP contribution in [0.1, 0.15) is 11.1 Å². The van der Waals surface area contributed by atoms with Gasteiger partial charge in [-0.05, 0) is 17.7 Å². The molecule has 0 N–H and O–H groups in total. The number of rotatable bonds is 4. The van der Waals surface area contributed by atoms with Crippen LogP contribution in [-0.4, -0.2) is 25.1 Å². The van der Waals surface area contributed by atoms with Crippen LogP contribution >= 0.6 is 0 Å². The molecule has 0 amide bonds. The van der Waals surface area contributed by atoms with Gasteiger partial charge in [-0.15, -0.1) is 10.2 Å². The minimum atomic E-state index is -0.386. The molecule has 110 valence electrons. The van der Waals surface area contributed by atoms with Crippen LogP contribution in [-0.2, 0) is 6.54 Å². The lowest BCUT2D eigenvalue weighted by molar-refractivity contribution is -0.385. The maximum Gasteiger partial charge on any atom is 0.272 e. The van der Waals surface area contributed by atoms with Gasteiger partial charge in [-0.25, -0.2) is 0 Å². The average Bonchev–Trinajstić information content (AvgIpc) is 2.98. The molecule has 1 heterocycles. The molecule has 0 bridgehead atoms. The number of hydrogen-bond acceptors (Lipinski definition) is 5. The monoisotopic (exact) mass is 295 g/mol. The Morgan fingerprint density at radius 2 is 1.91 bits per heavy atom. The van der Waals surface area contributed by atoms with E-state index >= 15 is 0 Å². The van der Waals surface area contributed by atoms with Gasteiger partial charge >= 0.3 is 0 Å². The van der Waals surface area contributed by atoms with Crippen LogP contribution in [0.2, 0.25) is 0 Å². The van der Waals surface area contributed by atoms with E-state index in [1.54, 1.807) is 13.0 Å². The zero-order valence-electron chi connectivity index (χ0n) is 11.9. The summed E-state index contributed by atoms with van der Waals surface area (Å²) in [6.07, 6.45) is 0. The predicted octanol–water partition coefficient (Wildman–Crippen LogP) is 2.61. The SMILES string of the molecule is Cc1c(Cn2nnc(-c3ccccc3)n2)cccc1[N+](=O)[O-]. The topological polar surface area (TPSA) is 86.7 Å². The standard InChI is InChI=1S/C15H13N5O2/c1-11-13(8-5-9-14(11)20(21)22)10-19-17-15(16-18-19)12-6-3-2-4-7-12/h2-9H,10H2,1H3. The third-order valence-electron chi connectivity index (χ3n) is 3.41. The van der Waals surface area contributed by atoms with E-state index in [1.165, 1.54) is 10.9 Å². The van der Waals surface area contributed by atoms with Crippen LogP contribution < -0.4 is 0 Å². The number of tetrazole rings is 1. The van der Waals surface area contributed by atoms with Gasteiger partial charge in [-0.1, -0.05) is 42.5 Å². The molecular formula is C15H13N5O2. The lowest BCUT2D eigenvalue weighted by Crippen LogP contribution is -2.06. The molecule has 1 aromatic heterocycles. The summed E-state index contributed by atoms with van der Waals surface area (Å²) in [5.74, 6) is 0.531. The molecule has 0 unspecified atom stereocenters. The van der Waals surface area contributed by atoms with E-state index in [0.29, 0.717) is 17.9 Å². The highest BCUT2D eigenvalue weighted by Crippen LogP contribution is 2.21. The van der Waals surface area contributed by atoms with E-state index in [4.69, 9.17) is 0 Å². The first-order valence-corrected chi connectivity index (χ1v) is 6.71. The molecule has 0 radical (unpaired) electrons. The molecule has 3 aromatic rings. The molecule has 7 heteroatoms. The molecule has 0 fully saturated rings. The Kier molecular flexibility index (Phi) is 3.61. The first-order chi connectivity index (χ1) is 10.6. The average molecular weight is 295 g/mol. The van der Waals surface area contributed by atoms with Gasteiger partial charge in [-0.3, -0.25) is 10.1 Å². The van der Waals surface area contributed by atoms with Gasteiger partial charge in [0.25, 0.3) is 5.69 Å². The maximum atomic E-state index is 11.0. The molecule has 7 nitrogen and oxygen atoms in total. The molecule has 0 saturated heterocycles. The smallest absolute Gasteiger partial charge is 0.258 e. The lowest BCUT2D eigenvalue weighted by atomic mass is 10.1. The Morgan fingerprint density at radius 1 is 1.14 bits per heavy atom. The number of nitro groups is 1. The van der Waals surface area contributed by atoms with Crippen LogP contribution in [0.25, 0.3) is 11.4 Å². The van der Waals surface area contributed by atoms with Crippen molar-refractivity contribution in [3.8, 4) is 11.4 Å². The lowest BCUT2D eigenvalue weighted by Gasteiger charge is -2.04. The Labute approximate surface area is 126 Å². The minimum Gasteiger partial charge on any atom is -0.258 e. The molecule has 0 aliphatic rings. The van der Waals surface area contributed by atoms with Crippen molar-refractivity contribution in [3.63, 3.8) is 0 Å². The Morgan fingerprint density at radius 3 is 2.64 bits per heavy atom. The molecule has 3 rings (SSSR count). The molecule has 0 aliphatic carbocycles. The highest BCUT2D eigenvalue weighted by molar-refractivity contribution is 5.53. The summed E-state index contributed by atoms with van der Waals surface area (Å²) in [5, 5.41) is 23.3. The fourth-order valence-electron chi connectivity index (χ4n) is 2.20. The summed E-state index contributed by atoms with van der Waals surface area (Å²) in [4.78, 5) is 12.0. The predicted molar refractivity (Wildman–Crippen MR) is 80.2 cm³/mol. The van der Waals surface area contributed by atoms with E-state index in [2.05, 4.69) is 15.4 Å². The molecule has 2 aromatic carbocycles. The highest BCUT2D eigenvalue weighted by Gasteiger charge is 2.14. The maximum absolute atomic E-state index is 11.0. The first-order valence-electron chi connectivity index (χ1n) is 6.71. The van der Waals surface area contributed by atoms with Crippen LogP contribution in [0.15, 0.2) is 48.5 Å². The molecule has 0 saturated carbocycles. The Hall–Kier alpha value is -3.09. The summed E-state index contributed by atoms with van der Waals surface area (Å²) in [5.41, 5.74) is 2.39. The van der Waals surface area contributed by atoms with E-state index < -0.39 is 0 Å². The zero-order valence-corrected chi connectivity index (χ0v) is 11.9. The summed E-state index contributed by atoms with van der Waals surface area (Å²) in [6.45, 7) is 2.07. The zero-order chi connectivity index (χ0) is 15.5. The second-order valence-electron chi connectivity index (χ2n) is 4.83. The van der Waals surface area contributed by atoms with Crippen molar-refractivity contribution >= 4 is 5.69 Å². The van der Waals surface area contributed by atoms with E-state index in [1.807, 2.05) is 36.4 Å². The largest absolute Gasteiger partial charge is 0.272 e. The van der Waals surface area contributed by atoms with E-state index in [0.717, 1.165) is 11.1 Å². The third kappa shape index (κ3) is 2.69. The van der Waals surface area contributed by atoms with E-state index in [9.17, 15) is 10.1 Å². The molecule has 0 aliphatic heterocycles. The second kappa shape index (κ2) is 5.72. The minimum absolute atomic E-state index is 0.0981. The molecule has 22 heavy (non-hydrogen) atoms. The number of hydrogen-bond donors (Lipinski definition) is 0. The first kappa shape index (κ1) is 13.9. The van der Waals surface area contributed by atoms with E-state index in [-0.39, 0.29) is 10.6 Å². The Bertz CT molecular complexity index is 814. The van der Waals surface area contributed by atoms with Gasteiger partial charge in [0.1, 0.15) is 0 Å².